The third kappa shape index (κ3) is 4.20. The van der Waals surface area contributed by atoms with E-state index in [9.17, 15) is 9.59 Å². The highest BCUT2D eigenvalue weighted by molar-refractivity contribution is 6.31. The molecule has 2 aromatic rings. The third-order valence-corrected chi connectivity index (χ3v) is 5.12. The SMILES string of the molecule is COc1ccc(Cl)cc1C(=O)N1CCC[C@H]1C(=O)Nc1ccc(Cl)cc1C. The zero-order valence-corrected chi connectivity index (χ0v) is 16.6. The Hall–Kier alpha value is -2.24. The van der Waals surface area contributed by atoms with Crippen molar-refractivity contribution in [2.24, 2.45) is 0 Å². The number of carbonyl (C=O) groups excluding carboxylic acids is 2. The van der Waals surface area contributed by atoms with Crippen LogP contribution in [0.25, 0.3) is 0 Å². The highest BCUT2D eigenvalue weighted by Gasteiger charge is 2.35. The van der Waals surface area contributed by atoms with Gasteiger partial charge in [0.15, 0.2) is 0 Å². The number of hydrogen-bond acceptors (Lipinski definition) is 3. The number of aryl methyl sites for hydroxylation is 1. The molecule has 1 N–H and O–H groups in total. The van der Waals surface area contributed by atoms with Gasteiger partial charge in [0.25, 0.3) is 5.91 Å². The number of carbonyl (C=O) groups is 2. The minimum Gasteiger partial charge on any atom is -0.496 e. The molecule has 0 aliphatic carbocycles. The van der Waals surface area contributed by atoms with Crippen LogP contribution in [-0.2, 0) is 4.79 Å². The number of amides is 2. The van der Waals surface area contributed by atoms with Crippen LogP contribution in [0, 0.1) is 6.92 Å². The van der Waals surface area contributed by atoms with Crippen LogP contribution < -0.4 is 10.1 Å². The number of methoxy groups -OCH3 is 1. The van der Waals surface area contributed by atoms with Gasteiger partial charge in [-0.3, -0.25) is 9.59 Å². The molecule has 0 bridgehead atoms. The van der Waals surface area contributed by atoms with E-state index in [4.69, 9.17) is 27.9 Å². The van der Waals surface area contributed by atoms with E-state index in [1.54, 1.807) is 41.3 Å². The van der Waals surface area contributed by atoms with Crippen molar-refractivity contribution in [2.75, 3.05) is 19.0 Å². The molecule has 1 fully saturated rings. The Labute approximate surface area is 168 Å². The summed E-state index contributed by atoms with van der Waals surface area (Å²) in [5, 5.41) is 3.96. The van der Waals surface area contributed by atoms with E-state index < -0.39 is 6.04 Å². The molecule has 1 saturated heterocycles. The summed E-state index contributed by atoms with van der Waals surface area (Å²) in [4.78, 5) is 27.4. The summed E-state index contributed by atoms with van der Waals surface area (Å²) in [7, 11) is 1.50. The van der Waals surface area contributed by atoms with Crippen LogP contribution in [-0.4, -0.2) is 36.4 Å². The lowest BCUT2D eigenvalue weighted by Crippen LogP contribution is -2.43. The molecular formula is C20H20Cl2N2O3. The highest BCUT2D eigenvalue weighted by atomic mass is 35.5. The average Bonchev–Trinajstić information content (AvgIpc) is 3.13. The smallest absolute Gasteiger partial charge is 0.258 e. The van der Waals surface area contributed by atoms with Crippen LogP contribution >= 0.6 is 23.2 Å². The fraction of sp³-hybridized carbons (Fsp3) is 0.300. The Bertz CT molecular complexity index is 886. The number of halogens is 2. The first-order valence-corrected chi connectivity index (χ1v) is 9.38. The molecule has 0 unspecified atom stereocenters. The quantitative estimate of drug-likeness (QED) is 0.809. The molecular weight excluding hydrogens is 387 g/mol. The van der Waals surface area contributed by atoms with Gasteiger partial charge in [0.05, 0.1) is 12.7 Å². The lowest BCUT2D eigenvalue weighted by molar-refractivity contribution is -0.119. The Morgan fingerprint density at radius 2 is 1.85 bits per heavy atom. The molecule has 27 heavy (non-hydrogen) atoms. The molecule has 2 aromatic carbocycles. The van der Waals surface area contributed by atoms with Crippen molar-refractivity contribution in [3.63, 3.8) is 0 Å². The molecule has 7 heteroatoms. The van der Waals surface area contributed by atoms with Gasteiger partial charge in [0.2, 0.25) is 5.91 Å². The second kappa shape index (κ2) is 8.19. The highest BCUT2D eigenvalue weighted by Crippen LogP contribution is 2.28. The zero-order chi connectivity index (χ0) is 19.6. The van der Waals surface area contributed by atoms with Crippen molar-refractivity contribution in [3.8, 4) is 5.75 Å². The van der Waals surface area contributed by atoms with E-state index in [0.717, 1.165) is 12.0 Å². The maximum Gasteiger partial charge on any atom is 0.258 e. The van der Waals surface area contributed by atoms with Gasteiger partial charge in [-0.25, -0.2) is 0 Å². The first kappa shape index (κ1) is 19.5. The van der Waals surface area contributed by atoms with E-state index in [1.807, 2.05) is 6.92 Å². The second-order valence-corrected chi connectivity index (χ2v) is 7.32. The fourth-order valence-corrected chi connectivity index (χ4v) is 3.67. The summed E-state index contributed by atoms with van der Waals surface area (Å²) in [5.41, 5.74) is 1.90. The number of nitrogens with zero attached hydrogens (tertiary/aromatic N) is 1. The fourth-order valence-electron chi connectivity index (χ4n) is 3.27. The van der Waals surface area contributed by atoms with Gasteiger partial charge in [-0.2, -0.15) is 0 Å². The van der Waals surface area contributed by atoms with Crippen molar-refractivity contribution in [2.45, 2.75) is 25.8 Å². The van der Waals surface area contributed by atoms with Crippen molar-refractivity contribution >= 4 is 40.7 Å². The van der Waals surface area contributed by atoms with Crippen LogP contribution in [0.4, 0.5) is 5.69 Å². The molecule has 3 rings (SSSR count). The average molecular weight is 407 g/mol. The number of rotatable bonds is 4. The molecule has 5 nitrogen and oxygen atoms in total. The van der Waals surface area contributed by atoms with Crippen molar-refractivity contribution in [1.29, 1.82) is 0 Å². The molecule has 0 spiro atoms. The minimum atomic E-state index is -0.545. The van der Waals surface area contributed by atoms with Crippen LogP contribution in [0.1, 0.15) is 28.8 Å². The van der Waals surface area contributed by atoms with E-state index in [0.29, 0.717) is 40.0 Å². The number of nitrogens with one attached hydrogen (secondary N) is 1. The summed E-state index contributed by atoms with van der Waals surface area (Å²) < 4.78 is 5.28. The standard InChI is InChI=1S/C20H20Cl2N2O3/c1-12-10-13(21)5-7-16(12)23-19(25)17-4-3-9-24(17)20(26)15-11-14(22)6-8-18(15)27-2/h5-8,10-11,17H,3-4,9H2,1-2H3,(H,23,25)/t17-/m0/s1. The summed E-state index contributed by atoms with van der Waals surface area (Å²) in [6, 6.07) is 9.60. The summed E-state index contributed by atoms with van der Waals surface area (Å²) >= 11 is 12.0. The largest absolute Gasteiger partial charge is 0.496 e. The monoisotopic (exact) mass is 406 g/mol. The zero-order valence-electron chi connectivity index (χ0n) is 15.1. The summed E-state index contributed by atoms with van der Waals surface area (Å²) in [6.07, 6.45) is 1.36. The lowest BCUT2D eigenvalue weighted by Gasteiger charge is -2.25. The van der Waals surface area contributed by atoms with E-state index >= 15 is 0 Å². The van der Waals surface area contributed by atoms with Gasteiger partial charge in [0, 0.05) is 22.3 Å². The third-order valence-electron chi connectivity index (χ3n) is 4.65. The molecule has 2 amide bonds. The molecule has 0 saturated carbocycles. The topological polar surface area (TPSA) is 58.6 Å². The van der Waals surface area contributed by atoms with E-state index in [-0.39, 0.29) is 11.8 Å². The Kier molecular flexibility index (Phi) is 5.92. The van der Waals surface area contributed by atoms with Crippen LogP contribution in [0.15, 0.2) is 36.4 Å². The number of anilines is 1. The Morgan fingerprint density at radius 3 is 2.56 bits per heavy atom. The lowest BCUT2D eigenvalue weighted by atomic mass is 10.1. The van der Waals surface area contributed by atoms with Gasteiger partial charge in [-0.1, -0.05) is 23.2 Å². The summed E-state index contributed by atoms with van der Waals surface area (Å²) in [5.74, 6) is -0.0453. The maximum absolute atomic E-state index is 13.0. The molecule has 1 aliphatic heterocycles. The normalized spacial score (nSPS) is 16.3. The molecule has 1 aliphatic rings. The Balaban J connectivity index is 1.81. The van der Waals surface area contributed by atoms with Crippen molar-refractivity contribution in [3.05, 3.63) is 57.6 Å². The van der Waals surface area contributed by atoms with Gasteiger partial charge < -0.3 is 15.0 Å². The van der Waals surface area contributed by atoms with Crippen molar-refractivity contribution < 1.29 is 14.3 Å². The second-order valence-electron chi connectivity index (χ2n) is 6.45. The molecule has 0 radical (unpaired) electrons. The predicted octanol–water partition coefficient (Wildman–Crippen LogP) is 4.55. The van der Waals surface area contributed by atoms with E-state index in [1.165, 1.54) is 7.11 Å². The first-order valence-electron chi connectivity index (χ1n) is 8.62. The van der Waals surface area contributed by atoms with Crippen LogP contribution in [0.5, 0.6) is 5.75 Å². The van der Waals surface area contributed by atoms with Crippen molar-refractivity contribution in [1.82, 2.24) is 4.90 Å². The van der Waals surface area contributed by atoms with Crippen LogP contribution in [0.3, 0.4) is 0 Å². The number of hydrogen-bond donors (Lipinski definition) is 1. The molecule has 1 heterocycles. The molecule has 142 valence electrons. The van der Waals surface area contributed by atoms with Gasteiger partial charge in [-0.05, 0) is 61.7 Å². The number of likely N-dealkylation sites (tertiary alicyclic amines) is 1. The Morgan fingerprint density at radius 1 is 1.15 bits per heavy atom. The minimum absolute atomic E-state index is 0.215. The number of benzene rings is 2. The number of ether oxygens (including phenoxy) is 1. The maximum atomic E-state index is 13.0. The molecule has 0 aromatic heterocycles. The predicted molar refractivity (Wildman–Crippen MR) is 107 cm³/mol. The summed E-state index contributed by atoms with van der Waals surface area (Å²) in [6.45, 7) is 2.38. The molecule has 1 atom stereocenters. The van der Waals surface area contributed by atoms with Gasteiger partial charge in [-0.15, -0.1) is 0 Å². The van der Waals surface area contributed by atoms with Crippen LogP contribution in [0.2, 0.25) is 10.0 Å². The first-order chi connectivity index (χ1) is 12.9. The van der Waals surface area contributed by atoms with Gasteiger partial charge >= 0.3 is 0 Å². The van der Waals surface area contributed by atoms with E-state index in [2.05, 4.69) is 5.32 Å². The van der Waals surface area contributed by atoms with Gasteiger partial charge in [0.1, 0.15) is 11.8 Å².